The van der Waals surface area contributed by atoms with Crippen LogP contribution in [0.25, 0.3) is 0 Å². The predicted molar refractivity (Wildman–Crippen MR) is 46.7 cm³/mol. The number of piperidine rings is 1. The number of nitrogens with zero attached hydrogens (tertiary/aromatic N) is 1. The van der Waals surface area contributed by atoms with Crippen molar-refractivity contribution in [1.29, 1.82) is 0 Å². The van der Waals surface area contributed by atoms with Crippen LogP contribution in [0.15, 0.2) is 12.8 Å². The van der Waals surface area contributed by atoms with Crippen molar-refractivity contribution in [3.8, 4) is 0 Å². The van der Waals surface area contributed by atoms with E-state index in [4.69, 9.17) is 4.74 Å². The Morgan fingerprint density at radius 2 is 2.00 bits per heavy atom. The van der Waals surface area contributed by atoms with E-state index in [0.717, 1.165) is 0 Å². The minimum Gasteiger partial charge on any atom is -0.500 e. The Balaban J connectivity index is 2.39. The van der Waals surface area contributed by atoms with Gasteiger partial charge in [0, 0.05) is 12.8 Å². The second-order valence-electron chi connectivity index (χ2n) is 2.83. The maximum absolute atomic E-state index is 11.2. The lowest BCUT2D eigenvalue weighted by molar-refractivity contribution is -0.148. The van der Waals surface area contributed by atoms with Gasteiger partial charge in [-0.15, -0.1) is 0 Å². The van der Waals surface area contributed by atoms with Crippen molar-refractivity contribution in [1.82, 2.24) is 4.90 Å². The summed E-state index contributed by atoms with van der Waals surface area (Å²) in [4.78, 5) is 23.7. The van der Waals surface area contributed by atoms with Crippen LogP contribution >= 0.6 is 0 Å². The summed E-state index contributed by atoms with van der Waals surface area (Å²) in [6.07, 6.45) is 2.93. The van der Waals surface area contributed by atoms with Crippen LogP contribution in [0.2, 0.25) is 0 Å². The third-order valence-electron chi connectivity index (χ3n) is 1.93. The average molecular weight is 183 g/mol. The zero-order chi connectivity index (χ0) is 9.68. The molecule has 1 saturated heterocycles. The number of carbonyl (C=O) groups is 2. The van der Waals surface area contributed by atoms with Crippen LogP contribution in [0.5, 0.6) is 0 Å². The summed E-state index contributed by atoms with van der Waals surface area (Å²) >= 11 is 0. The van der Waals surface area contributed by atoms with Gasteiger partial charge in [-0.25, -0.2) is 0 Å². The zero-order valence-electron chi connectivity index (χ0n) is 7.49. The molecule has 4 nitrogen and oxygen atoms in total. The SMILES string of the molecule is C=COCCN1C(=O)CCCC1=O. The molecule has 0 saturated carbocycles. The summed E-state index contributed by atoms with van der Waals surface area (Å²) in [5.74, 6) is -0.187. The van der Waals surface area contributed by atoms with E-state index in [1.807, 2.05) is 0 Å². The number of imide groups is 1. The molecule has 4 heteroatoms. The van der Waals surface area contributed by atoms with Gasteiger partial charge in [0.25, 0.3) is 0 Å². The molecule has 1 heterocycles. The van der Waals surface area contributed by atoms with Gasteiger partial charge in [-0.05, 0) is 6.42 Å². The molecular weight excluding hydrogens is 170 g/mol. The van der Waals surface area contributed by atoms with Gasteiger partial charge in [0.2, 0.25) is 11.8 Å². The standard InChI is InChI=1S/C9H13NO3/c1-2-13-7-6-10-8(11)4-3-5-9(10)12/h2H,1,3-7H2. The molecule has 0 N–H and O–H groups in total. The van der Waals surface area contributed by atoms with Gasteiger partial charge >= 0.3 is 0 Å². The number of rotatable bonds is 4. The molecular formula is C9H13NO3. The Hall–Kier alpha value is -1.32. The first-order chi connectivity index (χ1) is 6.25. The minimum atomic E-state index is -0.0936. The average Bonchev–Trinajstić information content (AvgIpc) is 2.10. The topological polar surface area (TPSA) is 46.6 Å². The van der Waals surface area contributed by atoms with Crippen molar-refractivity contribution in [3.05, 3.63) is 12.8 Å². The fraction of sp³-hybridized carbons (Fsp3) is 0.556. The molecule has 0 radical (unpaired) electrons. The molecule has 2 amide bonds. The third-order valence-corrected chi connectivity index (χ3v) is 1.93. The Morgan fingerprint density at radius 1 is 1.38 bits per heavy atom. The zero-order valence-corrected chi connectivity index (χ0v) is 7.49. The molecule has 0 bridgehead atoms. The molecule has 0 aliphatic carbocycles. The van der Waals surface area contributed by atoms with Crippen molar-refractivity contribution in [3.63, 3.8) is 0 Å². The van der Waals surface area contributed by atoms with Crippen molar-refractivity contribution >= 4 is 11.8 Å². The van der Waals surface area contributed by atoms with Crippen molar-refractivity contribution < 1.29 is 14.3 Å². The van der Waals surface area contributed by atoms with E-state index >= 15 is 0 Å². The maximum Gasteiger partial charge on any atom is 0.229 e. The van der Waals surface area contributed by atoms with E-state index in [1.165, 1.54) is 11.2 Å². The van der Waals surface area contributed by atoms with Crippen LogP contribution in [0.3, 0.4) is 0 Å². The van der Waals surface area contributed by atoms with Crippen LogP contribution in [0.4, 0.5) is 0 Å². The van der Waals surface area contributed by atoms with Crippen molar-refractivity contribution in [2.24, 2.45) is 0 Å². The van der Waals surface area contributed by atoms with Crippen LogP contribution in [-0.4, -0.2) is 29.9 Å². The molecule has 0 aromatic rings. The van der Waals surface area contributed by atoms with E-state index in [2.05, 4.69) is 6.58 Å². The van der Waals surface area contributed by atoms with Crippen molar-refractivity contribution in [2.45, 2.75) is 19.3 Å². The Bertz CT molecular complexity index is 209. The molecule has 0 unspecified atom stereocenters. The van der Waals surface area contributed by atoms with E-state index in [1.54, 1.807) is 0 Å². The summed E-state index contributed by atoms with van der Waals surface area (Å²) in [6.45, 7) is 4.04. The molecule has 1 rings (SSSR count). The van der Waals surface area contributed by atoms with Crippen LogP contribution in [0, 0.1) is 0 Å². The van der Waals surface area contributed by atoms with E-state index in [-0.39, 0.29) is 11.8 Å². The summed E-state index contributed by atoms with van der Waals surface area (Å²) < 4.78 is 4.85. The molecule has 13 heavy (non-hydrogen) atoms. The quantitative estimate of drug-likeness (QED) is 0.366. The van der Waals surface area contributed by atoms with Crippen LogP contribution < -0.4 is 0 Å². The second kappa shape index (κ2) is 4.64. The van der Waals surface area contributed by atoms with Crippen LogP contribution in [-0.2, 0) is 14.3 Å². The maximum atomic E-state index is 11.2. The molecule has 72 valence electrons. The van der Waals surface area contributed by atoms with Crippen molar-refractivity contribution in [2.75, 3.05) is 13.2 Å². The molecule has 0 aromatic carbocycles. The third kappa shape index (κ3) is 2.57. The van der Waals surface area contributed by atoms with E-state index in [9.17, 15) is 9.59 Å². The molecule has 0 aromatic heterocycles. The summed E-state index contributed by atoms with van der Waals surface area (Å²) in [7, 11) is 0. The van der Waals surface area contributed by atoms with Gasteiger partial charge in [0.05, 0.1) is 12.8 Å². The highest BCUT2D eigenvalue weighted by Gasteiger charge is 2.24. The van der Waals surface area contributed by atoms with Gasteiger partial charge in [-0.1, -0.05) is 6.58 Å². The number of hydrogen-bond acceptors (Lipinski definition) is 3. The summed E-state index contributed by atoms with van der Waals surface area (Å²) in [5, 5.41) is 0. The fourth-order valence-electron chi connectivity index (χ4n) is 1.28. The van der Waals surface area contributed by atoms with Gasteiger partial charge in [-0.2, -0.15) is 0 Å². The number of ether oxygens (including phenoxy) is 1. The molecule has 1 fully saturated rings. The van der Waals surface area contributed by atoms with Gasteiger partial charge < -0.3 is 4.74 Å². The smallest absolute Gasteiger partial charge is 0.229 e. The second-order valence-corrected chi connectivity index (χ2v) is 2.83. The molecule has 1 aliphatic rings. The fourth-order valence-corrected chi connectivity index (χ4v) is 1.28. The molecule has 0 spiro atoms. The highest BCUT2D eigenvalue weighted by Crippen LogP contribution is 2.11. The first-order valence-electron chi connectivity index (χ1n) is 4.31. The van der Waals surface area contributed by atoms with E-state index < -0.39 is 0 Å². The predicted octanol–water partition coefficient (Wildman–Crippen LogP) is 0.686. The van der Waals surface area contributed by atoms with Gasteiger partial charge in [0.1, 0.15) is 6.61 Å². The van der Waals surface area contributed by atoms with Gasteiger partial charge in [0.15, 0.2) is 0 Å². The lowest BCUT2D eigenvalue weighted by Crippen LogP contribution is -2.41. The number of likely N-dealkylation sites (tertiary alicyclic amines) is 1. The van der Waals surface area contributed by atoms with Gasteiger partial charge in [-0.3, -0.25) is 14.5 Å². The largest absolute Gasteiger partial charge is 0.500 e. The summed E-state index contributed by atoms with van der Waals surface area (Å²) in [5.41, 5.74) is 0. The lowest BCUT2D eigenvalue weighted by atomic mass is 10.1. The Kier molecular flexibility index (Phi) is 3.49. The lowest BCUT2D eigenvalue weighted by Gasteiger charge is -2.24. The monoisotopic (exact) mass is 183 g/mol. The number of hydrogen-bond donors (Lipinski definition) is 0. The first kappa shape index (κ1) is 9.77. The highest BCUT2D eigenvalue weighted by atomic mass is 16.5. The highest BCUT2D eigenvalue weighted by molar-refractivity contribution is 5.97. The first-order valence-corrected chi connectivity index (χ1v) is 4.31. The number of carbonyl (C=O) groups excluding carboxylic acids is 2. The normalized spacial score (nSPS) is 17.4. The molecule has 0 atom stereocenters. The van der Waals surface area contributed by atoms with E-state index in [0.29, 0.717) is 32.4 Å². The molecule has 1 aliphatic heterocycles. The van der Waals surface area contributed by atoms with Crippen LogP contribution in [0.1, 0.15) is 19.3 Å². The Morgan fingerprint density at radius 3 is 2.54 bits per heavy atom. The minimum absolute atomic E-state index is 0.0936. The Labute approximate surface area is 77.2 Å². The summed E-state index contributed by atoms with van der Waals surface area (Å²) in [6, 6.07) is 0. The number of amides is 2.